The first-order chi connectivity index (χ1) is 12.1. The molecule has 1 unspecified atom stereocenters. The van der Waals surface area contributed by atoms with E-state index in [0.717, 1.165) is 0 Å². The molecular formula is C17H13ClF3N3O2. The van der Waals surface area contributed by atoms with Gasteiger partial charge in [0.05, 0.1) is 6.04 Å². The Balaban J connectivity index is 2.09. The van der Waals surface area contributed by atoms with Gasteiger partial charge in [-0.15, -0.1) is 0 Å². The molecule has 0 fully saturated rings. The molecule has 26 heavy (non-hydrogen) atoms. The van der Waals surface area contributed by atoms with Gasteiger partial charge in [0.15, 0.2) is 11.5 Å². The highest BCUT2D eigenvalue weighted by atomic mass is 35.5. The number of aromatic nitrogens is 2. The number of aromatic amines is 1. The second-order valence-electron chi connectivity index (χ2n) is 5.72. The van der Waals surface area contributed by atoms with Crippen LogP contribution in [0.5, 0.6) is 11.5 Å². The molecule has 136 valence electrons. The van der Waals surface area contributed by atoms with Gasteiger partial charge in [-0.2, -0.15) is 13.2 Å². The number of hydrogen-bond donors (Lipinski definition) is 1. The Kier molecular flexibility index (Phi) is 4.62. The normalized spacial score (nSPS) is 16.7. The Morgan fingerprint density at radius 2 is 2.04 bits per heavy atom. The molecule has 2 heterocycles. The smallest absolute Gasteiger partial charge is 0.437 e. The van der Waals surface area contributed by atoms with Crippen LogP contribution in [0.25, 0.3) is 0 Å². The van der Waals surface area contributed by atoms with E-state index in [2.05, 4.69) is 15.0 Å². The number of H-pyrrole nitrogens is 1. The molecule has 0 saturated carbocycles. The zero-order valence-corrected chi connectivity index (χ0v) is 14.4. The van der Waals surface area contributed by atoms with Gasteiger partial charge in [0.2, 0.25) is 5.75 Å². The number of hydrogen-bond acceptors (Lipinski definition) is 4. The van der Waals surface area contributed by atoms with E-state index in [9.17, 15) is 18.0 Å². The lowest BCUT2D eigenvalue weighted by Crippen LogP contribution is -2.23. The van der Waals surface area contributed by atoms with Crippen molar-refractivity contribution in [1.82, 2.24) is 9.97 Å². The van der Waals surface area contributed by atoms with E-state index < -0.39 is 23.2 Å². The summed E-state index contributed by atoms with van der Waals surface area (Å²) in [7, 11) is 0. The molecule has 1 atom stereocenters. The summed E-state index contributed by atoms with van der Waals surface area (Å²) in [6.45, 7) is 3.42. The number of rotatable bonds is 3. The van der Waals surface area contributed by atoms with Crippen molar-refractivity contribution in [3.8, 4) is 11.5 Å². The minimum Gasteiger partial charge on any atom is -0.449 e. The number of alkyl halides is 3. The first-order valence-electron chi connectivity index (χ1n) is 7.57. The van der Waals surface area contributed by atoms with Crippen molar-refractivity contribution in [2.75, 3.05) is 0 Å². The maximum absolute atomic E-state index is 13.4. The quantitative estimate of drug-likeness (QED) is 0.859. The van der Waals surface area contributed by atoms with Crippen LogP contribution in [-0.2, 0) is 6.18 Å². The lowest BCUT2D eigenvalue weighted by Gasteiger charge is -2.13. The zero-order chi connectivity index (χ0) is 19.1. The van der Waals surface area contributed by atoms with Crippen molar-refractivity contribution < 1.29 is 17.9 Å². The minimum atomic E-state index is -4.88. The third-order valence-corrected chi connectivity index (χ3v) is 4.04. The van der Waals surface area contributed by atoms with Gasteiger partial charge < -0.3 is 9.72 Å². The number of benzene rings is 1. The number of nitrogens with zero attached hydrogens (tertiary/aromatic N) is 2. The predicted octanol–water partition coefficient (Wildman–Crippen LogP) is 4.29. The highest BCUT2D eigenvalue weighted by molar-refractivity contribution is 6.31. The third-order valence-electron chi connectivity index (χ3n) is 3.61. The van der Waals surface area contributed by atoms with E-state index in [0.29, 0.717) is 10.6 Å². The van der Waals surface area contributed by atoms with Crippen LogP contribution in [0.3, 0.4) is 0 Å². The van der Waals surface area contributed by atoms with Crippen LogP contribution in [-0.4, -0.2) is 21.7 Å². The first-order valence-corrected chi connectivity index (χ1v) is 7.95. The summed E-state index contributed by atoms with van der Waals surface area (Å²) < 4.78 is 45.5. The summed E-state index contributed by atoms with van der Waals surface area (Å²) in [6, 6.07) is 4.07. The molecule has 1 aliphatic rings. The van der Waals surface area contributed by atoms with E-state index in [1.165, 1.54) is 24.3 Å². The number of halogens is 4. The average Bonchev–Trinajstić information content (AvgIpc) is 2.98. The number of allylic oxidation sites excluding steroid dienone is 1. The fourth-order valence-electron chi connectivity index (χ4n) is 2.34. The number of ether oxygens (including phenoxy) is 1. The molecule has 0 saturated heterocycles. The second kappa shape index (κ2) is 6.60. The standard InChI is InChI=1S/C17H13ClF3N3O2/c1-8-7-10(4-5-11(8)18)26-13-14(17(19,20)21)23-15(24-16(13)25)12-6-3-9(2)22-12/h3-7,9H,1-2H3,(H,23,24,25). The Labute approximate surface area is 151 Å². The highest BCUT2D eigenvalue weighted by Gasteiger charge is 2.39. The Morgan fingerprint density at radius 3 is 2.62 bits per heavy atom. The van der Waals surface area contributed by atoms with Gasteiger partial charge >= 0.3 is 6.18 Å². The summed E-state index contributed by atoms with van der Waals surface area (Å²) in [5.74, 6) is -1.15. The summed E-state index contributed by atoms with van der Waals surface area (Å²) in [5, 5.41) is 0.427. The van der Waals surface area contributed by atoms with E-state index in [4.69, 9.17) is 16.3 Å². The Morgan fingerprint density at radius 1 is 1.31 bits per heavy atom. The van der Waals surface area contributed by atoms with Crippen molar-refractivity contribution in [3.63, 3.8) is 0 Å². The molecular weight excluding hydrogens is 371 g/mol. The fraction of sp³-hybridized carbons (Fsp3) is 0.235. The predicted molar refractivity (Wildman–Crippen MR) is 91.3 cm³/mol. The highest BCUT2D eigenvalue weighted by Crippen LogP contribution is 2.35. The summed E-state index contributed by atoms with van der Waals surface area (Å²) in [6.07, 6.45) is -1.69. The van der Waals surface area contributed by atoms with E-state index in [-0.39, 0.29) is 23.3 Å². The molecule has 0 aliphatic carbocycles. The Hall–Kier alpha value is -2.61. The zero-order valence-electron chi connectivity index (χ0n) is 13.7. The minimum absolute atomic E-state index is 0.0455. The van der Waals surface area contributed by atoms with Crippen molar-refractivity contribution in [2.24, 2.45) is 4.99 Å². The van der Waals surface area contributed by atoms with Gasteiger partial charge in [-0.05, 0) is 43.7 Å². The first kappa shape index (κ1) is 18.2. The van der Waals surface area contributed by atoms with Crippen molar-refractivity contribution in [3.05, 3.63) is 62.8 Å². The van der Waals surface area contributed by atoms with E-state index >= 15 is 0 Å². The van der Waals surface area contributed by atoms with Crippen LogP contribution in [0.2, 0.25) is 5.02 Å². The van der Waals surface area contributed by atoms with Gasteiger partial charge in [0.1, 0.15) is 11.5 Å². The molecule has 1 N–H and O–H groups in total. The van der Waals surface area contributed by atoms with Crippen LogP contribution in [0.1, 0.15) is 24.0 Å². The topological polar surface area (TPSA) is 67.3 Å². The fourth-order valence-corrected chi connectivity index (χ4v) is 2.46. The van der Waals surface area contributed by atoms with E-state index in [1.54, 1.807) is 19.9 Å². The van der Waals surface area contributed by atoms with E-state index in [1.807, 2.05) is 0 Å². The summed E-state index contributed by atoms with van der Waals surface area (Å²) >= 11 is 5.89. The lowest BCUT2D eigenvalue weighted by molar-refractivity contribution is -0.142. The maximum Gasteiger partial charge on any atom is 0.437 e. The number of nitrogens with one attached hydrogen (secondary N) is 1. The number of aryl methyl sites for hydroxylation is 1. The van der Waals surface area contributed by atoms with Gasteiger partial charge in [-0.3, -0.25) is 9.79 Å². The van der Waals surface area contributed by atoms with Crippen molar-refractivity contribution in [1.29, 1.82) is 0 Å². The molecule has 3 rings (SSSR count). The molecule has 0 bridgehead atoms. The third kappa shape index (κ3) is 3.65. The largest absolute Gasteiger partial charge is 0.449 e. The summed E-state index contributed by atoms with van der Waals surface area (Å²) in [5.41, 5.74) is -1.70. The van der Waals surface area contributed by atoms with Gasteiger partial charge in [-0.25, -0.2) is 4.98 Å². The molecule has 9 heteroatoms. The molecule has 0 radical (unpaired) electrons. The molecule has 1 aromatic heterocycles. The molecule has 1 aliphatic heterocycles. The molecule has 2 aromatic rings. The van der Waals surface area contributed by atoms with Crippen molar-refractivity contribution in [2.45, 2.75) is 26.1 Å². The lowest BCUT2D eigenvalue weighted by atomic mass is 10.2. The van der Waals surface area contributed by atoms with Crippen molar-refractivity contribution >= 4 is 17.3 Å². The average molecular weight is 384 g/mol. The van der Waals surface area contributed by atoms with Crippen LogP contribution < -0.4 is 10.3 Å². The Bertz CT molecular complexity index is 980. The van der Waals surface area contributed by atoms with Crippen LogP contribution in [0, 0.1) is 6.92 Å². The van der Waals surface area contributed by atoms with Crippen LogP contribution >= 0.6 is 11.6 Å². The SMILES string of the molecule is Cc1cc(Oc2c(C(F)(F)F)nc(C3=NC(C)C=C3)[nH]c2=O)ccc1Cl. The van der Waals surface area contributed by atoms with Gasteiger partial charge in [0.25, 0.3) is 5.56 Å². The number of aliphatic imine (C=N–C) groups is 1. The van der Waals surface area contributed by atoms with Crippen LogP contribution in [0.15, 0.2) is 40.1 Å². The second-order valence-corrected chi connectivity index (χ2v) is 6.12. The molecule has 1 aromatic carbocycles. The van der Waals surface area contributed by atoms with Gasteiger partial charge in [0, 0.05) is 5.02 Å². The monoisotopic (exact) mass is 383 g/mol. The summed E-state index contributed by atoms with van der Waals surface area (Å²) in [4.78, 5) is 22.2. The van der Waals surface area contributed by atoms with Gasteiger partial charge in [-0.1, -0.05) is 17.7 Å². The molecule has 0 spiro atoms. The molecule has 0 amide bonds. The van der Waals surface area contributed by atoms with Crippen LogP contribution in [0.4, 0.5) is 13.2 Å². The molecule has 5 nitrogen and oxygen atoms in total. The maximum atomic E-state index is 13.4.